The molecule has 0 radical (unpaired) electrons. The van der Waals surface area contributed by atoms with Crippen molar-refractivity contribution >= 4 is 51.7 Å². The predicted molar refractivity (Wildman–Crippen MR) is 150 cm³/mol. The number of nitrogens with zero attached hydrogens (tertiary/aromatic N) is 3. The van der Waals surface area contributed by atoms with Crippen molar-refractivity contribution in [3.63, 3.8) is 0 Å². The molecule has 2 heterocycles. The lowest BCUT2D eigenvalue weighted by Crippen LogP contribution is -2.51. The Balaban J connectivity index is 1.84. The number of halogens is 2. The van der Waals surface area contributed by atoms with Gasteiger partial charge in [-0.15, -0.1) is 0 Å². The molecule has 0 bridgehead atoms. The standard InChI is InChI=1S/C29H21ClIN3O3/c1-36-23-13-9-20(15-24(23)37-2)26-28(16-32,17-33)25-14-10-18-5-3-4-6-22(18)34(25)29(26,31)27(35)19-7-11-21(30)12-8-19/h3-15,25-26H,1-2H3. The third-order valence-corrected chi connectivity index (χ3v) is 9.01. The molecule has 0 amide bonds. The van der Waals surface area contributed by atoms with Crippen molar-refractivity contribution in [3.8, 4) is 23.6 Å². The number of methoxy groups -OCH3 is 2. The SMILES string of the molecule is COc1ccc(C2C(C#N)(C#N)C3C=Cc4ccccc4N3C2(I)C(=O)c2ccc(Cl)cc2)cc1OC. The molecule has 2 aliphatic rings. The number of fused-ring (bicyclic) bond motifs is 3. The van der Waals surface area contributed by atoms with E-state index in [4.69, 9.17) is 21.1 Å². The van der Waals surface area contributed by atoms with E-state index in [0.717, 1.165) is 11.3 Å². The second kappa shape index (κ2) is 9.41. The number of para-hydroxylation sites is 1. The highest BCUT2D eigenvalue weighted by Crippen LogP contribution is 2.63. The summed E-state index contributed by atoms with van der Waals surface area (Å²) in [5.41, 5.74) is 1.15. The summed E-state index contributed by atoms with van der Waals surface area (Å²) in [7, 11) is 3.06. The van der Waals surface area contributed by atoms with Gasteiger partial charge in [0.25, 0.3) is 0 Å². The molecular formula is C29H21ClIN3O3. The minimum atomic E-state index is -1.59. The molecule has 0 saturated carbocycles. The van der Waals surface area contributed by atoms with Crippen molar-refractivity contribution in [2.75, 3.05) is 19.1 Å². The number of anilines is 1. The minimum absolute atomic E-state index is 0.230. The van der Waals surface area contributed by atoms with E-state index in [-0.39, 0.29) is 5.78 Å². The van der Waals surface area contributed by atoms with E-state index in [1.807, 2.05) is 41.3 Å². The zero-order valence-corrected chi connectivity index (χ0v) is 22.9. The number of hydrogen-bond donors (Lipinski definition) is 0. The summed E-state index contributed by atoms with van der Waals surface area (Å²) in [5.74, 6) is -0.121. The number of hydrogen-bond acceptors (Lipinski definition) is 6. The lowest BCUT2D eigenvalue weighted by molar-refractivity contribution is 0.0942. The van der Waals surface area contributed by atoms with Gasteiger partial charge in [0.2, 0.25) is 0 Å². The number of benzene rings is 3. The number of ketones is 1. The first-order valence-corrected chi connectivity index (χ1v) is 12.9. The Kier molecular flexibility index (Phi) is 6.39. The molecule has 5 rings (SSSR count). The third-order valence-electron chi connectivity index (χ3n) is 7.12. The van der Waals surface area contributed by atoms with Crippen LogP contribution in [0.1, 0.15) is 27.4 Å². The molecule has 0 aromatic heterocycles. The second-order valence-electron chi connectivity index (χ2n) is 8.88. The molecule has 2 aliphatic heterocycles. The van der Waals surface area contributed by atoms with Crippen molar-refractivity contribution in [1.29, 1.82) is 10.5 Å². The van der Waals surface area contributed by atoms with E-state index in [9.17, 15) is 15.3 Å². The van der Waals surface area contributed by atoms with E-state index in [1.54, 1.807) is 42.5 Å². The summed E-state index contributed by atoms with van der Waals surface area (Å²) < 4.78 is 9.63. The number of carbonyl (C=O) groups excluding carboxylic acids is 1. The quantitative estimate of drug-likeness (QED) is 0.142. The van der Waals surface area contributed by atoms with Crippen molar-refractivity contribution < 1.29 is 14.3 Å². The topological polar surface area (TPSA) is 86.4 Å². The number of rotatable bonds is 5. The van der Waals surface area contributed by atoms with Crippen molar-refractivity contribution in [3.05, 3.63) is 94.5 Å². The molecule has 0 spiro atoms. The molecule has 37 heavy (non-hydrogen) atoms. The lowest BCUT2D eigenvalue weighted by atomic mass is 9.69. The van der Waals surface area contributed by atoms with Gasteiger partial charge in [-0.3, -0.25) is 4.79 Å². The zero-order chi connectivity index (χ0) is 26.4. The average molecular weight is 622 g/mol. The fourth-order valence-corrected chi connectivity index (χ4v) is 7.32. The second-order valence-corrected chi connectivity index (χ2v) is 11.0. The Morgan fingerprint density at radius 2 is 1.68 bits per heavy atom. The van der Waals surface area contributed by atoms with E-state index in [0.29, 0.717) is 27.6 Å². The Hall–Kier alpha value is -3.53. The monoisotopic (exact) mass is 621 g/mol. The van der Waals surface area contributed by atoms with Gasteiger partial charge in [0.05, 0.1) is 38.3 Å². The average Bonchev–Trinajstić information content (AvgIpc) is 3.18. The Morgan fingerprint density at radius 3 is 2.32 bits per heavy atom. The van der Waals surface area contributed by atoms with Crippen LogP contribution in [-0.2, 0) is 0 Å². The van der Waals surface area contributed by atoms with Crippen LogP contribution >= 0.6 is 34.2 Å². The molecule has 8 heteroatoms. The largest absolute Gasteiger partial charge is 0.493 e. The van der Waals surface area contributed by atoms with Crippen LogP contribution < -0.4 is 14.4 Å². The fourth-order valence-electron chi connectivity index (χ4n) is 5.47. The van der Waals surface area contributed by atoms with Crippen molar-refractivity contribution in [2.24, 2.45) is 5.41 Å². The number of nitriles is 2. The number of carbonyl (C=O) groups is 1. The van der Waals surface area contributed by atoms with Crippen LogP contribution in [0.2, 0.25) is 5.02 Å². The normalized spacial score (nSPS) is 22.8. The summed E-state index contributed by atoms with van der Waals surface area (Å²) in [6, 6.07) is 23.7. The van der Waals surface area contributed by atoms with E-state index >= 15 is 0 Å². The van der Waals surface area contributed by atoms with Crippen LogP contribution in [0.4, 0.5) is 5.69 Å². The molecule has 184 valence electrons. The van der Waals surface area contributed by atoms with Crippen LogP contribution in [-0.4, -0.2) is 29.6 Å². The maximum Gasteiger partial charge on any atom is 0.199 e. The molecule has 1 saturated heterocycles. The maximum absolute atomic E-state index is 14.5. The van der Waals surface area contributed by atoms with Gasteiger partial charge in [-0.25, -0.2) is 0 Å². The first-order chi connectivity index (χ1) is 17.8. The highest BCUT2D eigenvalue weighted by molar-refractivity contribution is 14.1. The summed E-state index contributed by atoms with van der Waals surface area (Å²) in [4.78, 5) is 16.5. The van der Waals surface area contributed by atoms with Gasteiger partial charge >= 0.3 is 0 Å². The van der Waals surface area contributed by atoms with Crippen LogP contribution in [0, 0.1) is 28.1 Å². The fraction of sp³-hybridized carbons (Fsp3) is 0.207. The van der Waals surface area contributed by atoms with Gasteiger partial charge in [0.15, 0.2) is 26.2 Å². The molecule has 3 unspecified atom stereocenters. The van der Waals surface area contributed by atoms with E-state index in [1.165, 1.54) is 14.2 Å². The Bertz CT molecular complexity index is 1490. The molecule has 1 fully saturated rings. The van der Waals surface area contributed by atoms with Crippen molar-refractivity contribution in [1.82, 2.24) is 0 Å². The molecule has 0 N–H and O–H groups in total. The molecule has 3 atom stereocenters. The molecule has 3 aromatic carbocycles. The first kappa shape index (κ1) is 25.1. The Labute approximate surface area is 233 Å². The van der Waals surface area contributed by atoms with Gasteiger partial charge in [0.1, 0.15) is 0 Å². The van der Waals surface area contributed by atoms with E-state index in [2.05, 4.69) is 34.7 Å². The van der Waals surface area contributed by atoms with Gasteiger partial charge in [-0.2, -0.15) is 10.5 Å². The zero-order valence-electron chi connectivity index (χ0n) is 20.0. The Morgan fingerprint density at radius 1 is 1.00 bits per heavy atom. The number of Topliss-reactive ketones (excluding diaryl/α,β-unsaturated/α-hetero) is 1. The van der Waals surface area contributed by atoms with Crippen molar-refractivity contribution in [2.45, 2.75) is 15.5 Å². The summed E-state index contributed by atoms with van der Waals surface area (Å²) in [6.45, 7) is 0. The summed E-state index contributed by atoms with van der Waals surface area (Å²) in [6.07, 6.45) is 3.78. The minimum Gasteiger partial charge on any atom is -0.493 e. The number of alkyl halides is 1. The lowest BCUT2D eigenvalue weighted by Gasteiger charge is -2.41. The van der Waals surface area contributed by atoms with Gasteiger partial charge in [-0.05, 0) is 76.2 Å². The van der Waals surface area contributed by atoms with Gasteiger partial charge in [0, 0.05) is 16.3 Å². The van der Waals surface area contributed by atoms with E-state index < -0.39 is 20.9 Å². The summed E-state index contributed by atoms with van der Waals surface area (Å²) >= 11 is 8.27. The van der Waals surface area contributed by atoms with Gasteiger partial charge < -0.3 is 14.4 Å². The maximum atomic E-state index is 14.5. The van der Waals surface area contributed by atoms with Crippen LogP contribution in [0.3, 0.4) is 0 Å². The molecule has 6 nitrogen and oxygen atoms in total. The number of ether oxygens (including phenoxy) is 2. The molecule has 3 aromatic rings. The third kappa shape index (κ3) is 3.60. The smallest absolute Gasteiger partial charge is 0.199 e. The van der Waals surface area contributed by atoms with Crippen LogP contribution in [0.15, 0.2) is 72.8 Å². The molecule has 0 aliphatic carbocycles. The predicted octanol–water partition coefficient (Wildman–Crippen LogP) is 6.40. The molecular weight excluding hydrogens is 601 g/mol. The highest BCUT2D eigenvalue weighted by Gasteiger charge is 2.70. The highest BCUT2D eigenvalue weighted by atomic mass is 127. The van der Waals surface area contributed by atoms with Crippen LogP contribution in [0.5, 0.6) is 11.5 Å². The van der Waals surface area contributed by atoms with Gasteiger partial charge in [-0.1, -0.05) is 48.0 Å². The summed E-state index contributed by atoms with van der Waals surface area (Å²) in [5, 5.41) is 21.8. The van der Waals surface area contributed by atoms with Crippen LogP contribution in [0.25, 0.3) is 6.08 Å². The first-order valence-electron chi connectivity index (χ1n) is 11.5.